The van der Waals surface area contributed by atoms with Gasteiger partial charge in [-0.3, -0.25) is 0 Å². The van der Waals surface area contributed by atoms with E-state index in [-0.39, 0.29) is 11.1 Å². The summed E-state index contributed by atoms with van der Waals surface area (Å²) < 4.78 is 6.24. The van der Waals surface area contributed by atoms with Crippen LogP contribution in [0.25, 0.3) is 0 Å². The van der Waals surface area contributed by atoms with Gasteiger partial charge in [0.2, 0.25) is 0 Å². The summed E-state index contributed by atoms with van der Waals surface area (Å²) in [4.78, 5) is 0. The van der Waals surface area contributed by atoms with Gasteiger partial charge in [-0.2, -0.15) is 0 Å². The molecular weight excluding hydrogens is 240 g/mol. The summed E-state index contributed by atoms with van der Waals surface area (Å²) >= 11 is 0. The largest absolute Gasteiger partial charge is 0.417 e. The smallest absolute Gasteiger partial charge is 0.191 e. The first kappa shape index (κ1) is 18.1. The molecule has 0 spiro atoms. The molecule has 0 saturated heterocycles. The minimum absolute atomic E-state index is 0.187. The topological polar surface area (TPSA) is 29.5 Å². The van der Waals surface area contributed by atoms with Crippen molar-refractivity contribution in [1.29, 1.82) is 0 Å². The molecule has 2 nitrogen and oxygen atoms in total. The van der Waals surface area contributed by atoms with Gasteiger partial charge in [0.25, 0.3) is 0 Å². The Morgan fingerprint density at radius 3 is 1.89 bits per heavy atom. The molecule has 0 unspecified atom stereocenters. The molecule has 110 valence electrons. The highest BCUT2D eigenvalue weighted by atomic mass is 28.4. The summed E-state index contributed by atoms with van der Waals surface area (Å²) in [5.41, 5.74) is 0. The normalized spacial score (nSPS) is 18.5. The third-order valence-electron chi connectivity index (χ3n) is 4.08. The number of aliphatic hydroxyl groups excluding tert-OH is 1. The number of hydrogen-bond acceptors (Lipinski definition) is 2. The molecular formula is C15H34O2Si. The van der Waals surface area contributed by atoms with Crippen LogP contribution in [-0.2, 0) is 4.43 Å². The van der Waals surface area contributed by atoms with Crippen molar-refractivity contribution in [2.75, 3.05) is 6.61 Å². The molecule has 0 aliphatic rings. The standard InChI is InChI=1S/C15H34O2Si/c1-12(10-14(3)16)9-13(2)11-17-18(7,8)15(4,5)6/h12-14,16H,9-11H2,1-8H3/t12-,13+,14-/m1/s1. The first-order valence-electron chi connectivity index (χ1n) is 7.27. The molecule has 0 amide bonds. The van der Waals surface area contributed by atoms with Gasteiger partial charge in [-0.05, 0) is 49.7 Å². The van der Waals surface area contributed by atoms with E-state index in [1.54, 1.807) is 0 Å². The minimum atomic E-state index is -1.60. The average molecular weight is 275 g/mol. The molecule has 0 rings (SSSR count). The van der Waals surface area contributed by atoms with Crippen LogP contribution in [0.4, 0.5) is 0 Å². The van der Waals surface area contributed by atoms with Crippen molar-refractivity contribution in [1.82, 2.24) is 0 Å². The summed E-state index contributed by atoms with van der Waals surface area (Å²) in [5.74, 6) is 1.15. The van der Waals surface area contributed by atoms with Crippen LogP contribution < -0.4 is 0 Å². The van der Waals surface area contributed by atoms with Crippen molar-refractivity contribution >= 4 is 8.32 Å². The van der Waals surface area contributed by atoms with Crippen LogP contribution in [0.15, 0.2) is 0 Å². The lowest BCUT2D eigenvalue weighted by atomic mass is 9.93. The first-order valence-corrected chi connectivity index (χ1v) is 10.2. The van der Waals surface area contributed by atoms with E-state index in [9.17, 15) is 5.11 Å². The quantitative estimate of drug-likeness (QED) is 0.695. The molecule has 18 heavy (non-hydrogen) atoms. The fourth-order valence-corrected chi connectivity index (χ4v) is 3.13. The molecule has 3 atom stereocenters. The lowest BCUT2D eigenvalue weighted by molar-refractivity contribution is 0.148. The Morgan fingerprint density at radius 2 is 1.50 bits per heavy atom. The van der Waals surface area contributed by atoms with E-state index in [4.69, 9.17) is 4.43 Å². The lowest BCUT2D eigenvalue weighted by Gasteiger charge is -2.37. The van der Waals surface area contributed by atoms with Crippen molar-refractivity contribution in [2.45, 2.75) is 78.6 Å². The number of aliphatic hydroxyl groups is 1. The van der Waals surface area contributed by atoms with Crippen LogP contribution >= 0.6 is 0 Å². The summed E-state index contributed by atoms with van der Waals surface area (Å²) in [6.45, 7) is 18.6. The molecule has 0 aliphatic heterocycles. The predicted molar refractivity (Wildman–Crippen MR) is 82.4 cm³/mol. The molecule has 0 aromatic rings. The van der Waals surface area contributed by atoms with Crippen LogP contribution in [0.5, 0.6) is 0 Å². The molecule has 0 bridgehead atoms. The van der Waals surface area contributed by atoms with E-state index in [1.807, 2.05) is 6.92 Å². The maximum absolute atomic E-state index is 9.38. The SMILES string of the molecule is C[C@H](CO[Si](C)(C)C(C)(C)C)C[C@@H](C)C[C@@H](C)O. The Bertz CT molecular complexity index is 231. The fraction of sp³-hybridized carbons (Fsp3) is 1.00. The fourth-order valence-electron chi connectivity index (χ4n) is 2.00. The van der Waals surface area contributed by atoms with E-state index in [2.05, 4.69) is 47.7 Å². The second kappa shape index (κ2) is 7.06. The Morgan fingerprint density at radius 1 is 1.00 bits per heavy atom. The van der Waals surface area contributed by atoms with Crippen LogP contribution in [-0.4, -0.2) is 26.1 Å². The average Bonchev–Trinajstić information content (AvgIpc) is 2.11. The molecule has 0 radical (unpaired) electrons. The van der Waals surface area contributed by atoms with E-state index in [0.717, 1.165) is 19.4 Å². The molecule has 0 fully saturated rings. The minimum Gasteiger partial charge on any atom is -0.417 e. The van der Waals surface area contributed by atoms with Gasteiger partial charge in [-0.15, -0.1) is 0 Å². The van der Waals surface area contributed by atoms with E-state index >= 15 is 0 Å². The van der Waals surface area contributed by atoms with Crippen LogP contribution in [0.1, 0.15) is 54.4 Å². The summed E-state index contributed by atoms with van der Waals surface area (Å²) in [6.07, 6.45) is 1.85. The zero-order valence-corrected chi connectivity index (χ0v) is 14.7. The summed E-state index contributed by atoms with van der Waals surface area (Å²) in [5, 5.41) is 9.67. The van der Waals surface area contributed by atoms with Gasteiger partial charge in [0.1, 0.15) is 0 Å². The first-order chi connectivity index (χ1) is 7.95. The Hall–Kier alpha value is 0.137. The summed E-state index contributed by atoms with van der Waals surface area (Å²) in [6, 6.07) is 0. The van der Waals surface area contributed by atoms with Gasteiger partial charge in [0.05, 0.1) is 6.10 Å². The second-order valence-electron chi connectivity index (χ2n) is 7.60. The molecule has 0 aromatic heterocycles. The van der Waals surface area contributed by atoms with E-state index < -0.39 is 8.32 Å². The van der Waals surface area contributed by atoms with Crippen molar-refractivity contribution in [3.8, 4) is 0 Å². The molecule has 0 heterocycles. The van der Waals surface area contributed by atoms with Gasteiger partial charge in [-0.1, -0.05) is 34.6 Å². The van der Waals surface area contributed by atoms with Gasteiger partial charge in [0.15, 0.2) is 8.32 Å². The third kappa shape index (κ3) is 6.91. The zero-order chi connectivity index (χ0) is 14.6. The lowest BCUT2D eigenvalue weighted by Crippen LogP contribution is -2.41. The Balaban J connectivity index is 4.08. The van der Waals surface area contributed by atoms with Crippen LogP contribution in [0.2, 0.25) is 18.1 Å². The Kier molecular flexibility index (Phi) is 7.12. The van der Waals surface area contributed by atoms with Gasteiger partial charge in [0, 0.05) is 6.61 Å². The molecule has 0 aromatic carbocycles. The highest BCUT2D eigenvalue weighted by molar-refractivity contribution is 6.74. The van der Waals surface area contributed by atoms with Crippen molar-refractivity contribution in [3.63, 3.8) is 0 Å². The maximum Gasteiger partial charge on any atom is 0.191 e. The van der Waals surface area contributed by atoms with Crippen LogP contribution in [0, 0.1) is 11.8 Å². The number of rotatable bonds is 7. The second-order valence-corrected chi connectivity index (χ2v) is 12.4. The van der Waals surface area contributed by atoms with Gasteiger partial charge in [-0.25, -0.2) is 0 Å². The van der Waals surface area contributed by atoms with Crippen molar-refractivity contribution in [2.24, 2.45) is 11.8 Å². The van der Waals surface area contributed by atoms with E-state index in [0.29, 0.717) is 11.8 Å². The maximum atomic E-state index is 9.38. The highest BCUT2D eigenvalue weighted by Gasteiger charge is 2.37. The Labute approximate surface area is 115 Å². The molecule has 3 heteroatoms. The summed E-state index contributed by atoms with van der Waals surface area (Å²) in [7, 11) is -1.60. The number of hydrogen-bond donors (Lipinski definition) is 1. The third-order valence-corrected chi connectivity index (χ3v) is 8.58. The zero-order valence-electron chi connectivity index (χ0n) is 13.7. The van der Waals surface area contributed by atoms with Gasteiger partial charge < -0.3 is 9.53 Å². The van der Waals surface area contributed by atoms with Crippen molar-refractivity contribution in [3.05, 3.63) is 0 Å². The van der Waals surface area contributed by atoms with Gasteiger partial charge >= 0.3 is 0 Å². The molecule has 0 aliphatic carbocycles. The van der Waals surface area contributed by atoms with Crippen molar-refractivity contribution < 1.29 is 9.53 Å². The van der Waals surface area contributed by atoms with Crippen LogP contribution in [0.3, 0.4) is 0 Å². The molecule has 1 N–H and O–H groups in total. The predicted octanol–water partition coefficient (Wildman–Crippen LogP) is 4.44. The monoisotopic (exact) mass is 274 g/mol. The van der Waals surface area contributed by atoms with E-state index in [1.165, 1.54) is 0 Å². The molecule has 0 saturated carbocycles. The highest BCUT2D eigenvalue weighted by Crippen LogP contribution is 2.37.